The topological polar surface area (TPSA) is 55.2 Å². The van der Waals surface area contributed by atoms with Crippen LogP contribution >= 0.6 is 0 Å². The van der Waals surface area contributed by atoms with Gasteiger partial charge in [-0.25, -0.2) is 0 Å². The molecular weight excluding hydrogens is 216 g/mol. The van der Waals surface area contributed by atoms with Gasteiger partial charge in [0.25, 0.3) is 0 Å². The van der Waals surface area contributed by atoms with Crippen LogP contribution in [0.5, 0.6) is 5.75 Å². The van der Waals surface area contributed by atoms with Gasteiger partial charge in [-0.2, -0.15) is 10.2 Å². The maximum Gasteiger partial charge on any atom is 0.119 e. The summed E-state index contributed by atoms with van der Waals surface area (Å²) in [7, 11) is 1.62. The molecule has 2 rings (SSSR count). The molecule has 0 fully saturated rings. The van der Waals surface area contributed by atoms with Crippen molar-refractivity contribution in [2.75, 3.05) is 7.11 Å². The standard InChI is InChI=1S/C13H14N2O2/c1-9-7-11(17-2)3-4-12(9)13(16)10-5-6-14-15-8-10/h3-8,13,16H,1-2H3. The Morgan fingerprint density at radius 1 is 1.24 bits per heavy atom. The predicted molar refractivity (Wildman–Crippen MR) is 63.8 cm³/mol. The van der Waals surface area contributed by atoms with Crippen molar-refractivity contribution >= 4 is 0 Å². The Morgan fingerprint density at radius 3 is 2.65 bits per heavy atom. The first-order valence-corrected chi connectivity index (χ1v) is 5.31. The number of methoxy groups -OCH3 is 1. The lowest BCUT2D eigenvalue weighted by atomic mass is 9.99. The van der Waals surface area contributed by atoms with Gasteiger partial charge >= 0.3 is 0 Å². The lowest BCUT2D eigenvalue weighted by molar-refractivity contribution is 0.218. The largest absolute Gasteiger partial charge is 0.497 e. The molecule has 1 N–H and O–H groups in total. The fraction of sp³-hybridized carbons (Fsp3) is 0.231. The average Bonchev–Trinajstić information content (AvgIpc) is 2.39. The van der Waals surface area contributed by atoms with Crippen LogP contribution in [0.25, 0.3) is 0 Å². The number of aryl methyl sites for hydroxylation is 1. The first-order valence-electron chi connectivity index (χ1n) is 5.31. The Morgan fingerprint density at radius 2 is 2.06 bits per heavy atom. The van der Waals surface area contributed by atoms with Crippen LogP contribution in [-0.2, 0) is 0 Å². The van der Waals surface area contributed by atoms with Crippen LogP contribution in [-0.4, -0.2) is 22.4 Å². The molecule has 17 heavy (non-hydrogen) atoms. The number of hydrogen-bond donors (Lipinski definition) is 1. The van der Waals surface area contributed by atoms with Gasteiger partial charge in [0, 0.05) is 11.8 Å². The van der Waals surface area contributed by atoms with Crippen LogP contribution in [0.4, 0.5) is 0 Å². The van der Waals surface area contributed by atoms with E-state index in [1.54, 1.807) is 25.6 Å². The van der Waals surface area contributed by atoms with Gasteiger partial charge in [0.2, 0.25) is 0 Å². The fourth-order valence-electron chi connectivity index (χ4n) is 1.72. The molecule has 0 saturated heterocycles. The molecule has 0 spiro atoms. The summed E-state index contributed by atoms with van der Waals surface area (Å²) in [5.41, 5.74) is 2.56. The highest BCUT2D eigenvalue weighted by atomic mass is 16.5. The van der Waals surface area contributed by atoms with Gasteiger partial charge in [-0.1, -0.05) is 6.07 Å². The predicted octanol–water partition coefficient (Wildman–Crippen LogP) is 1.88. The third kappa shape index (κ3) is 2.42. The van der Waals surface area contributed by atoms with Gasteiger partial charge in [0.15, 0.2) is 0 Å². The number of rotatable bonds is 3. The summed E-state index contributed by atoms with van der Waals surface area (Å²) in [4.78, 5) is 0. The third-order valence-electron chi connectivity index (χ3n) is 2.69. The van der Waals surface area contributed by atoms with E-state index < -0.39 is 6.10 Å². The second-order valence-corrected chi connectivity index (χ2v) is 3.80. The van der Waals surface area contributed by atoms with Crippen LogP contribution in [0.3, 0.4) is 0 Å². The van der Waals surface area contributed by atoms with Gasteiger partial charge in [-0.3, -0.25) is 0 Å². The Hall–Kier alpha value is -1.94. The molecule has 0 aliphatic heterocycles. The zero-order valence-corrected chi connectivity index (χ0v) is 9.79. The van der Waals surface area contributed by atoms with Crippen LogP contribution in [0.1, 0.15) is 22.8 Å². The van der Waals surface area contributed by atoms with E-state index >= 15 is 0 Å². The Kier molecular flexibility index (Phi) is 3.35. The minimum Gasteiger partial charge on any atom is -0.497 e. The third-order valence-corrected chi connectivity index (χ3v) is 2.69. The lowest BCUT2D eigenvalue weighted by Gasteiger charge is -2.14. The quantitative estimate of drug-likeness (QED) is 0.874. The number of aliphatic hydroxyl groups is 1. The smallest absolute Gasteiger partial charge is 0.119 e. The zero-order chi connectivity index (χ0) is 12.3. The van der Waals surface area contributed by atoms with Crippen LogP contribution in [0.2, 0.25) is 0 Å². The highest BCUT2D eigenvalue weighted by molar-refractivity contribution is 5.39. The van der Waals surface area contributed by atoms with E-state index in [-0.39, 0.29) is 0 Å². The van der Waals surface area contributed by atoms with Crippen molar-refractivity contribution in [3.05, 3.63) is 53.3 Å². The maximum atomic E-state index is 10.2. The highest BCUT2D eigenvalue weighted by Crippen LogP contribution is 2.26. The molecule has 1 atom stereocenters. The van der Waals surface area contributed by atoms with Crippen LogP contribution < -0.4 is 4.74 Å². The summed E-state index contributed by atoms with van der Waals surface area (Å²) < 4.78 is 5.13. The summed E-state index contributed by atoms with van der Waals surface area (Å²) in [6.07, 6.45) is 2.45. The summed E-state index contributed by atoms with van der Waals surface area (Å²) in [5.74, 6) is 0.784. The second kappa shape index (κ2) is 4.93. The molecule has 0 saturated carbocycles. The number of aliphatic hydroxyl groups excluding tert-OH is 1. The fourth-order valence-corrected chi connectivity index (χ4v) is 1.72. The minimum absolute atomic E-state index is 0.684. The summed E-state index contributed by atoms with van der Waals surface area (Å²) >= 11 is 0. The van der Waals surface area contributed by atoms with E-state index in [2.05, 4.69) is 10.2 Å². The van der Waals surface area contributed by atoms with Gasteiger partial charge in [-0.05, 0) is 36.2 Å². The summed E-state index contributed by atoms with van der Waals surface area (Å²) in [6, 6.07) is 7.34. The van der Waals surface area contributed by atoms with Crippen molar-refractivity contribution in [3.8, 4) is 5.75 Å². The molecule has 88 valence electrons. The lowest BCUT2D eigenvalue weighted by Crippen LogP contribution is -2.03. The molecule has 1 aromatic carbocycles. The number of benzene rings is 1. The Labute approximate surface area is 99.9 Å². The van der Waals surface area contributed by atoms with Gasteiger partial charge in [0.05, 0.1) is 13.3 Å². The molecule has 0 radical (unpaired) electrons. The average molecular weight is 230 g/mol. The molecule has 0 bridgehead atoms. The molecule has 1 unspecified atom stereocenters. The summed E-state index contributed by atoms with van der Waals surface area (Å²) in [5, 5.41) is 17.7. The first-order chi connectivity index (χ1) is 8.22. The normalized spacial score (nSPS) is 12.2. The zero-order valence-electron chi connectivity index (χ0n) is 9.79. The minimum atomic E-state index is -0.684. The maximum absolute atomic E-state index is 10.2. The Bertz CT molecular complexity index is 500. The van der Waals surface area contributed by atoms with Crippen molar-refractivity contribution in [1.29, 1.82) is 0 Å². The number of ether oxygens (including phenoxy) is 1. The van der Waals surface area contributed by atoms with E-state index in [4.69, 9.17) is 4.74 Å². The van der Waals surface area contributed by atoms with E-state index in [0.717, 1.165) is 22.4 Å². The molecule has 4 nitrogen and oxygen atoms in total. The highest BCUT2D eigenvalue weighted by Gasteiger charge is 2.13. The molecular formula is C13H14N2O2. The van der Waals surface area contributed by atoms with E-state index in [0.29, 0.717) is 0 Å². The number of aromatic nitrogens is 2. The van der Waals surface area contributed by atoms with Crippen molar-refractivity contribution in [2.45, 2.75) is 13.0 Å². The second-order valence-electron chi connectivity index (χ2n) is 3.80. The van der Waals surface area contributed by atoms with Crippen LogP contribution in [0, 0.1) is 6.92 Å². The van der Waals surface area contributed by atoms with E-state index in [1.807, 2.05) is 25.1 Å². The van der Waals surface area contributed by atoms with E-state index in [9.17, 15) is 5.11 Å². The van der Waals surface area contributed by atoms with E-state index in [1.165, 1.54) is 0 Å². The van der Waals surface area contributed by atoms with Crippen molar-refractivity contribution in [2.24, 2.45) is 0 Å². The number of nitrogens with zero attached hydrogens (tertiary/aromatic N) is 2. The number of hydrogen-bond acceptors (Lipinski definition) is 4. The molecule has 1 heterocycles. The van der Waals surface area contributed by atoms with Gasteiger partial charge in [-0.15, -0.1) is 0 Å². The monoisotopic (exact) mass is 230 g/mol. The Balaban J connectivity index is 2.34. The van der Waals surface area contributed by atoms with Gasteiger partial charge < -0.3 is 9.84 Å². The molecule has 1 aromatic heterocycles. The van der Waals surface area contributed by atoms with Crippen molar-refractivity contribution < 1.29 is 9.84 Å². The van der Waals surface area contributed by atoms with Crippen molar-refractivity contribution in [3.63, 3.8) is 0 Å². The first kappa shape index (κ1) is 11.5. The van der Waals surface area contributed by atoms with Gasteiger partial charge in [0.1, 0.15) is 11.9 Å². The molecule has 0 aliphatic rings. The molecule has 0 amide bonds. The summed E-state index contributed by atoms with van der Waals surface area (Å²) in [6.45, 7) is 1.94. The van der Waals surface area contributed by atoms with Crippen LogP contribution in [0.15, 0.2) is 36.7 Å². The molecule has 2 aromatic rings. The molecule has 4 heteroatoms. The SMILES string of the molecule is COc1ccc(C(O)c2ccnnc2)c(C)c1. The molecule has 0 aliphatic carbocycles. The van der Waals surface area contributed by atoms with Crippen molar-refractivity contribution in [1.82, 2.24) is 10.2 Å².